The highest BCUT2D eigenvalue weighted by atomic mass is 16.4. The van der Waals surface area contributed by atoms with Crippen LogP contribution in [0.25, 0.3) is 0 Å². The van der Waals surface area contributed by atoms with E-state index in [1.165, 1.54) is 47.3 Å². The molecule has 11 atom stereocenters. The average Bonchev–Trinajstić information content (AvgIpc) is 4.03. The Kier molecular flexibility index (Phi) is 16.4. The summed E-state index contributed by atoms with van der Waals surface area (Å²) in [5.41, 5.74) is 5.76. The molecule has 4 rings (SSSR count). The number of likely N-dealkylation sites (tertiary alicyclic amines) is 4. The van der Waals surface area contributed by atoms with Crippen molar-refractivity contribution in [2.24, 2.45) is 11.7 Å². The van der Waals surface area contributed by atoms with Crippen LogP contribution < -0.4 is 27.0 Å². The second kappa shape index (κ2) is 20.6. The van der Waals surface area contributed by atoms with Gasteiger partial charge in [0.1, 0.15) is 54.4 Å². The smallest absolute Gasteiger partial charge is 0.325 e. The van der Waals surface area contributed by atoms with Crippen LogP contribution in [-0.4, -0.2) is 181 Å². The number of nitrogens with two attached hydrogens (primary N) is 1. The average molecular weight is 850 g/mol. The standard InChI is InChI=1S/C39H63N9O12/c1-19(2)29(43-33(53)28(40)22(5)49)38(58)46-16-8-12-25(46)32(52)44-30(23(6)50)34(54)41-20(3)35(55)47-17-9-13-26(47)37(57)48-18-10-14-27(48)36(56)45-15-7-11-24(45)31(51)42-21(4)39(59)60/h19-30,49-50H,7-18,40H2,1-6H3,(H,41,54)(H,42,51)(H,43,53)(H,44,52)(H,59,60)/t20-,21-,22+,23+,24-,25-,26-,27-,28-,29-,30-/m0/s1. The van der Waals surface area contributed by atoms with Gasteiger partial charge >= 0.3 is 5.97 Å². The molecule has 0 radical (unpaired) electrons. The minimum absolute atomic E-state index is 0.182. The lowest BCUT2D eigenvalue weighted by molar-refractivity contribution is -0.151. The maximum Gasteiger partial charge on any atom is 0.325 e. The van der Waals surface area contributed by atoms with Crippen LogP contribution in [-0.2, 0) is 43.2 Å². The first-order valence-electron chi connectivity index (χ1n) is 21.0. The Morgan fingerprint density at radius 3 is 1.43 bits per heavy atom. The van der Waals surface area contributed by atoms with E-state index in [9.17, 15) is 58.5 Å². The molecule has 0 spiro atoms. The van der Waals surface area contributed by atoms with Crippen LogP contribution in [0.3, 0.4) is 0 Å². The lowest BCUT2D eigenvalue weighted by Gasteiger charge is -2.35. The minimum atomic E-state index is -1.54. The van der Waals surface area contributed by atoms with Crippen LogP contribution in [0.1, 0.15) is 92.9 Å². The fraction of sp³-hybridized carbons (Fsp3) is 0.769. The molecule has 0 aromatic rings. The van der Waals surface area contributed by atoms with Gasteiger partial charge in [-0.1, -0.05) is 13.8 Å². The molecule has 4 aliphatic rings. The van der Waals surface area contributed by atoms with Crippen LogP contribution in [0.2, 0.25) is 0 Å². The first-order chi connectivity index (χ1) is 28.2. The van der Waals surface area contributed by atoms with Crippen LogP contribution in [0.4, 0.5) is 0 Å². The molecule has 21 heteroatoms. The van der Waals surface area contributed by atoms with E-state index in [2.05, 4.69) is 21.3 Å². The van der Waals surface area contributed by atoms with E-state index in [0.717, 1.165) is 0 Å². The number of amides is 8. The van der Waals surface area contributed by atoms with Crippen molar-refractivity contribution >= 4 is 53.2 Å². The summed E-state index contributed by atoms with van der Waals surface area (Å²) in [6.07, 6.45) is 0.600. The highest BCUT2D eigenvalue weighted by molar-refractivity contribution is 5.98. The third-order valence-electron chi connectivity index (χ3n) is 11.9. The maximum atomic E-state index is 14.1. The van der Waals surface area contributed by atoms with Gasteiger partial charge in [-0.05, 0) is 85.0 Å². The number of aliphatic hydroxyl groups excluding tert-OH is 2. The highest BCUT2D eigenvalue weighted by Gasteiger charge is 2.47. The molecule has 4 fully saturated rings. The first kappa shape index (κ1) is 47.8. The molecule has 0 bridgehead atoms. The fourth-order valence-corrected chi connectivity index (χ4v) is 8.36. The number of hydrogen-bond acceptors (Lipinski definition) is 12. The summed E-state index contributed by atoms with van der Waals surface area (Å²) in [6, 6.07) is -9.96. The number of rotatable bonds is 16. The van der Waals surface area contributed by atoms with E-state index in [1.807, 2.05) is 0 Å². The molecule has 0 unspecified atom stereocenters. The summed E-state index contributed by atoms with van der Waals surface area (Å²) in [4.78, 5) is 125. The Morgan fingerprint density at radius 2 is 0.950 bits per heavy atom. The van der Waals surface area contributed by atoms with E-state index < -0.39 is 126 Å². The Bertz CT molecular complexity index is 1660. The summed E-state index contributed by atoms with van der Waals surface area (Å²) in [5.74, 6) is -6.57. The van der Waals surface area contributed by atoms with Crippen LogP contribution >= 0.6 is 0 Å². The predicted octanol–water partition coefficient (Wildman–Crippen LogP) is -3.24. The van der Waals surface area contributed by atoms with E-state index >= 15 is 0 Å². The van der Waals surface area contributed by atoms with Gasteiger partial charge in [-0.25, -0.2) is 0 Å². The lowest BCUT2D eigenvalue weighted by Crippen LogP contribution is -2.61. The molecular weight excluding hydrogens is 786 g/mol. The lowest BCUT2D eigenvalue weighted by atomic mass is 10.0. The number of aliphatic carboxylic acids is 1. The zero-order valence-electron chi connectivity index (χ0n) is 35.3. The van der Waals surface area contributed by atoms with Gasteiger partial charge < -0.3 is 61.9 Å². The zero-order valence-corrected chi connectivity index (χ0v) is 35.3. The second-order valence-corrected chi connectivity index (χ2v) is 16.8. The number of carbonyl (C=O) groups excluding carboxylic acids is 8. The van der Waals surface area contributed by atoms with E-state index in [-0.39, 0.29) is 32.6 Å². The Morgan fingerprint density at radius 1 is 0.517 bits per heavy atom. The maximum absolute atomic E-state index is 14.1. The van der Waals surface area contributed by atoms with Crippen LogP contribution in [0, 0.1) is 5.92 Å². The minimum Gasteiger partial charge on any atom is -0.480 e. The molecule has 4 heterocycles. The summed E-state index contributed by atoms with van der Waals surface area (Å²) in [5, 5.41) is 39.6. The number of nitrogens with one attached hydrogen (secondary N) is 4. The third kappa shape index (κ3) is 10.9. The Balaban J connectivity index is 1.38. The molecule has 0 aromatic carbocycles. The van der Waals surface area contributed by atoms with Gasteiger partial charge in [0.15, 0.2) is 0 Å². The molecule has 0 aromatic heterocycles. The summed E-state index contributed by atoms with van der Waals surface area (Å²) >= 11 is 0. The molecular formula is C39H63N9O12. The summed E-state index contributed by atoms with van der Waals surface area (Å²) in [7, 11) is 0. The molecule has 8 amide bonds. The Labute approximate surface area is 349 Å². The molecule has 336 valence electrons. The molecule has 60 heavy (non-hydrogen) atoms. The predicted molar refractivity (Wildman–Crippen MR) is 212 cm³/mol. The van der Waals surface area contributed by atoms with Gasteiger partial charge in [0.2, 0.25) is 47.3 Å². The number of carbonyl (C=O) groups is 9. The fourth-order valence-electron chi connectivity index (χ4n) is 8.36. The SMILES string of the molecule is CC(C)[C@H](NC(=O)[C@@H](N)[C@@H](C)O)C(=O)N1CCC[C@H]1C(=O)N[C@H](C(=O)N[C@@H](C)C(=O)N1CCC[C@H]1C(=O)N1CCC[C@H]1C(=O)N1CCC[C@H]1C(=O)N[C@@H](C)C(=O)O)[C@@H](C)O. The van der Waals surface area contributed by atoms with Crippen molar-refractivity contribution in [2.45, 2.75) is 159 Å². The molecule has 0 saturated carbocycles. The van der Waals surface area contributed by atoms with Crippen molar-refractivity contribution in [1.29, 1.82) is 0 Å². The quantitative estimate of drug-likeness (QED) is 0.0759. The number of aliphatic hydroxyl groups is 2. The highest BCUT2D eigenvalue weighted by Crippen LogP contribution is 2.29. The molecule has 4 aliphatic heterocycles. The van der Waals surface area contributed by atoms with Gasteiger partial charge in [0, 0.05) is 26.2 Å². The van der Waals surface area contributed by atoms with Crippen molar-refractivity contribution in [3.05, 3.63) is 0 Å². The van der Waals surface area contributed by atoms with Crippen LogP contribution in [0.15, 0.2) is 0 Å². The van der Waals surface area contributed by atoms with Crippen molar-refractivity contribution in [2.75, 3.05) is 26.2 Å². The van der Waals surface area contributed by atoms with Gasteiger partial charge in [-0.2, -0.15) is 0 Å². The number of carboxylic acids is 1. The Hall–Kier alpha value is -4.89. The summed E-state index contributed by atoms with van der Waals surface area (Å²) < 4.78 is 0. The van der Waals surface area contributed by atoms with E-state index in [1.54, 1.807) is 13.8 Å². The zero-order chi connectivity index (χ0) is 44.7. The third-order valence-corrected chi connectivity index (χ3v) is 11.9. The van der Waals surface area contributed by atoms with Gasteiger partial charge in [0.05, 0.1) is 12.2 Å². The number of carboxylic acid groups (broad SMARTS) is 1. The van der Waals surface area contributed by atoms with Gasteiger partial charge in [-0.3, -0.25) is 43.2 Å². The van der Waals surface area contributed by atoms with Crippen molar-refractivity contribution < 1.29 is 58.5 Å². The monoisotopic (exact) mass is 849 g/mol. The van der Waals surface area contributed by atoms with Crippen molar-refractivity contribution in [1.82, 2.24) is 40.9 Å². The van der Waals surface area contributed by atoms with Crippen LogP contribution in [0.5, 0.6) is 0 Å². The van der Waals surface area contributed by atoms with E-state index in [4.69, 9.17) is 5.73 Å². The molecule has 4 saturated heterocycles. The molecule has 0 aliphatic carbocycles. The van der Waals surface area contributed by atoms with Crippen molar-refractivity contribution in [3.63, 3.8) is 0 Å². The van der Waals surface area contributed by atoms with Gasteiger partial charge in [-0.15, -0.1) is 0 Å². The topological polar surface area (TPSA) is 301 Å². The van der Waals surface area contributed by atoms with Gasteiger partial charge in [0.25, 0.3) is 0 Å². The normalized spacial score (nSPS) is 25.2. The number of nitrogens with zero attached hydrogens (tertiary/aromatic N) is 4. The first-order valence-corrected chi connectivity index (χ1v) is 21.0. The molecule has 21 nitrogen and oxygen atoms in total. The van der Waals surface area contributed by atoms with E-state index in [0.29, 0.717) is 44.9 Å². The second-order valence-electron chi connectivity index (χ2n) is 16.8. The molecule has 9 N–H and O–H groups in total. The largest absolute Gasteiger partial charge is 0.480 e. The number of hydrogen-bond donors (Lipinski definition) is 8. The summed E-state index contributed by atoms with van der Waals surface area (Å²) in [6.45, 7) is 9.66. The van der Waals surface area contributed by atoms with Crippen molar-refractivity contribution in [3.8, 4) is 0 Å².